The van der Waals surface area contributed by atoms with Crippen LogP contribution in [0.15, 0.2) is 22.7 Å². The third-order valence-corrected chi connectivity index (χ3v) is 3.60. The van der Waals surface area contributed by atoms with Crippen molar-refractivity contribution >= 4 is 21.6 Å². The van der Waals surface area contributed by atoms with Crippen molar-refractivity contribution in [2.75, 3.05) is 12.3 Å². The molecule has 0 aliphatic carbocycles. The highest BCUT2D eigenvalue weighted by Crippen LogP contribution is 2.19. The normalized spacial score (nSPS) is 12.6. The Bertz CT molecular complexity index is 334. The Labute approximate surface area is 119 Å². The number of benzene rings is 1. The van der Waals surface area contributed by atoms with Gasteiger partial charge in [-0.15, -0.1) is 0 Å². The lowest BCUT2D eigenvalue weighted by molar-refractivity contribution is 0.0820. The van der Waals surface area contributed by atoms with Crippen molar-refractivity contribution in [1.29, 1.82) is 0 Å². The summed E-state index contributed by atoms with van der Waals surface area (Å²) in [6.07, 6.45) is 5.03. The van der Waals surface area contributed by atoms with Crippen molar-refractivity contribution in [3.63, 3.8) is 0 Å². The van der Waals surface area contributed by atoms with Crippen LogP contribution in [0.4, 0.5) is 5.69 Å². The number of hydrogen-bond acceptors (Lipinski definition) is 2. The molecule has 0 spiro atoms. The lowest BCUT2D eigenvalue weighted by atomic mass is 10.0. The first-order chi connectivity index (χ1) is 8.65. The largest absolute Gasteiger partial charge is 0.399 e. The van der Waals surface area contributed by atoms with E-state index < -0.39 is 0 Å². The number of rotatable bonds is 8. The summed E-state index contributed by atoms with van der Waals surface area (Å²) in [6.45, 7) is 5.97. The summed E-state index contributed by atoms with van der Waals surface area (Å²) < 4.78 is 6.82. The van der Waals surface area contributed by atoms with Crippen molar-refractivity contribution < 1.29 is 4.74 Å². The van der Waals surface area contributed by atoms with E-state index in [-0.39, 0.29) is 0 Å². The molecule has 0 saturated heterocycles. The van der Waals surface area contributed by atoms with Gasteiger partial charge < -0.3 is 10.5 Å². The highest BCUT2D eigenvalue weighted by atomic mass is 79.9. The lowest BCUT2D eigenvalue weighted by Gasteiger charge is -2.15. The maximum absolute atomic E-state index is 5.80. The van der Waals surface area contributed by atoms with Crippen molar-refractivity contribution in [1.82, 2.24) is 0 Å². The third-order valence-electron chi connectivity index (χ3n) is 3.15. The Morgan fingerprint density at radius 3 is 2.67 bits per heavy atom. The molecule has 0 amide bonds. The molecule has 0 fully saturated rings. The third kappa shape index (κ3) is 5.87. The van der Waals surface area contributed by atoms with Crippen LogP contribution in [-0.4, -0.2) is 6.61 Å². The minimum atomic E-state index is 0.645. The van der Waals surface area contributed by atoms with Crippen molar-refractivity contribution in [2.24, 2.45) is 5.92 Å². The van der Waals surface area contributed by atoms with Gasteiger partial charge >= 0.3 is 0 Å². The van der Waals surface area contributed by atoms with Crippen LogP contribution in [0.25, 0.3) is 0 Å². The standard InChI is InChI=1S/C15H24BrNO/c1-3-5-6-12(4-2)10-18-11-13-7-14(16)9-15(17)8-13/h7-9,12H,3-6,10-11,17H2,1-2H3. The van der Waals surface area contributed by atoms with Gasteiger partial charge in [0.2, 0.25) is 0 Å². The first kappa shape index (κ1) is 15.5. The zero-order chi connectivity index (χ0) is 13.4. The number of hydrogen-bond donors (Lipinski definition) is 1. The lowest BCUT2D eigenvalue weighted by Crippen LogP contribution is -2.09. The van der Waals surface area contributed by atoms with E-state index in [9.17, 15) is 0 Å². The Morgan fingerprint density at radius 2 is 2.06 bits per heavy atom. The molecular formula is C15H24BrNO. The van der Waals surface area contributed by atoms with Crippen LogP contribution in [0.3, 0.4) is 0 Å². The number of ether oxygens (including phenoxy) is 1. The Morgan fingerprint density at radius 1 is 1.28 bits per heavy atom. The molecule has 1 aromatic carbocycles. The molecule has 3 heteroatoms. The quantitative estimate of drug-likeness (QED) is 0.702. The van der Waals surface area contributed by atoms with Gasteiger partial charge in [0, 0.05) is 16.8 Å². The van der Waals surface area contributed by atoms with E-state index in [0.717, 1.165) is 22.3 Å². The molecule has 0 radical (unpaired) electrons. The molecular weight excluding hydrogens is 290 g/mol. The average Bonchev–Trinajstić information content (AvgIpc) is 2.32. The van der Waals surface area contributed by atoms with Crippen molar-refractivity contribution in [3.8, 4) is 0 Å². The maximum atomic E-state index is 5.80. The molecule has 1 aromatic rings. The molecule has 1 atom stereocenters. The monoisotopic (exact) mass is 313 g/mol. The molecule has 102 valence electrons. The molecule has 18 heavy (non-hydrogen) atoms. The Kier molecular flexibility index (Phi) is 7.36. The van der Waals surface area contributed by atoms with Crippen LogP contribution in [0.5, 0.6) is 0 Å². The zero-order valence-corrected chi connectivity index (χ0v) is 13.0. The van der Waals surface area contributed by atoms with Gasteiger partial charge in [-0.3, -0.25) is 0 Å². The van der Waals surface area contributed by atoms with E-state index >= 15 is 0 Å². The minimum absolute atomic E-state index is 0.645. The molecule has 0 aliphatic rings. The number of halogens is 1. The fourth-order valence-electron chi connectivity index (χ4n) is 2.00. The molecule has 0 aliphatic heterocycles. The smallest absolute Gasteiger partial charge is 0.0718 e. The van der Waals surface area contributed by atoms with Gasteiger partial charge in [0.1, 0.15) is 0 Å². The highest BCUT2D eigenvalue weighted by Gasteiger charge is 2.06. The van der Waals surface area contributed by atoms with Crippen LogP contribution in [-0.2, 0) is 11.3 Å². The molecule has 0 saturated carbocycles. The molecule has 2 N–H and O–H groups in total. The molecule has 1 rings (SSSR count). The van der Waals surface area contributed by atoms with Gasteiger partial charge in [-0.2, -0.15) is 0 Å². The van der Waals surface area contributed by atoms with E-state index in [2.05, 4.69) is 35.8 Å². The van der Waals surface area contributed by atoms with Gasteiger partial charge in [0.25, 0.3) is 0 Å². The fourth-order valence-corrected chi connectivity index (χ4v) is 2.56. The topological polar surface area (TPSA) is 35.2 Å². The van der Waals surface area contributed by atoms with Gasteiger partial charge in [0.15, 0.2) is 0 Å². The molecule has 0 bridgehead atoms. The molecule has 0 heterocycles. The van der Waals surface area contributed by atoms with Crippen LogP contribution >= 0.6 is 15.9 Å². The number of nitrogens with two attached hydrogens (primary N) is 1. The summed E-state index contributed by atoms with van der Waals surface area (Å²) in [7, 11) is 0. The van der Waals surface area contributed by atoms with Gasteiger partial charge in [0.05, 0.1) is 6.61 Å². The van der Waals surface area contributed by atoms with Crippen molar-refractivity contribution in [3.05, 3.63) is 28.2 Å². The molecule has 2 nitrogen and oxygen atoms in total. The van der Waals surface area contributed by atoms with E-state index in [4.69, 9.17) is 10.5 Å². The van der Waals surface area contributed by atoms with Crippen molar-refractivity contribution in [2.45, 2.75) is 46.1 Å². The van der Waals surface area contributed by atoms with Crippen LogP contribution in [0, 0.1) is 5.92 Å². The average molecular weight is 314 g/mol. The summed E-state index contributed by atoms with van der Waals surface area (Å²) >= 11 is 3.45. The second kappa shape index (κ2) is 8.54. The van der Waals surface area contributed by atoms with Crippen LogP contribution in [0.1, 0.15) is 45.1 Å². The first-order valence-corrected chi connectivity index (χ1v) is 7.57. The maximum Gasteiger partial charge on any atom is 0.0718 e. The first-order valence-electron chi connectivity index (χ1n) is 6.78. The SMILES string of the molecule is CCCCC(CC)COCc1cc(N)cc(Br)c1. The van der Waals surface area contributed by atoms with E-state index in [1.54, 1.807) is 0 Å². The second-order valence-corrected chi connectivity index (χ2v) is 5.74. The van der Waals surface area contributed by atoms with E-state index in [1.807, 2.05) is 12.1 Å². The van der Waals surface area contributed by atoms with E-state index in [1.165, 1.54) is 25.7 Å². The summed E-state index contributed by atoms with van der Waals surface area (Å²) in [6, 6.07) is 5.93. The van der Waals surface area contributed by atoms with Gasteiger partial charge in [-0.1, -0.05) is 49.0 Å². The van der Waals surface area contributed by atoms with E-state index in [0.29, 0.717) is 12.5 Å². The number of unbranched alkanes of at least 4 members (excludes halogenated alkanes) is 1. The second-order valence-electron chi connectivity index (χ2n) is 4.82. The Hall–Kier alpha value is -0.540. The summed E-state index contributed by atoms with van der Waals surface area (Å²) in [5.41, 5.74) is 7.71. The summed E-state index contributed by atoms with van der Waals surface area (Å²) in [5.74, 6) is 0.689. The molecule has 0 aromatic heterocycles. The molecule has 1 unspecified atom stereocenters. The minimum Gasteiger partial charge on any atom is -0.399 e. The highest BCUT2D eigenvalue weighted by molar-refractivity contribution is 9.10. The Balaban J connectivity index is 2.35. The predicted octanol–water partition coefficient (Wildman–Crippen LogP) is 4.76. The predicted molar refractivity (Wildman–Crippen MR) is 81.5 cm³/mol. The fraction of sp³-hybridized carbons (Fsp3) is 0.600. The van der Waals surface area contributed by atoms with Crippen LogP contribution < -0.4 is 5.73 Å². The zero-order valence-electron chi connectivity index (χ0n) is 11.4. The van der Waals surface area contributed by atoms with Crippen LogP contribution in [0.2, 0.25) is 0 Å². The number of nitrogen functional groups attached to an aromatic ring is 1. The van der Waals surface area contributed by atoms with Gasteiger partial charge in [-0.25, -0.2) is 0 Å². The summed E-state index contributed by atoms with van der Waals surface area (Å²) in [5, 5.41) is 0. The summed E-state index contributed by atoms with van der Waals surface area (Å²) in [4.78, 5) is 0. The van der Waals surface area contributed by atoms with Gasteiger partial charge in [-0.05, 0) is 36.1 Å². The number of anilines is 1.